The molecule has 3 aromatic rings. The van der Waals surface area contributed by atoms with Crippen molar-refractivity contribution in [1.82, 2.24) is 9.97 Å². The van der Waals surface area contributed by atoms with Crippen LogP contribution >= 0.6 is 0 Å². The summed E-state index contributed by atoms with van der Waals surface area (Å²) in [6.07, 6.45) is 3.96. The molecular formula is C19H20N4O. The maximum Gasteiger partial charge on any atom is 0.227 e. The number of hydrogen-bond acceptors (Lipinski definition) is 5. The van der Waals surface area contributed by atoms with Crippen LogP contribution in [0.25, 0.3) is 10.9 Å². The van der Waals surface area contributed by atoms with Gasteiger partial charge in [0.05, 0.1) is 5.52 Å². The van der Waals surface area contributed by atoms with E-state index in [1.807, 2.05) is 42.6 Å². The number of nitrogens with one attached hydrogen (secondary N) is 2. The zero-order valence-electron chi connectivity index (χ0n) is 13.4. The van der Waals surface area contributed by atoms with E-state index in [9.17, 15) is 0 Å². The number of aromatic nitrogens is 2. The number of hydrogen-bond donors (Lipinski definition) is 2. The molecule has 1 aliphatic rings. The van der Waals surface area contributed by atoms with E-state index >= 15 is 0 Å². The highest BCUT2D eigenvalue weighted by molar-refractivity contribution is 5.78. The quantitative estimate of drug-likeness (QED) is 0.762. The highest BCUT2D eigenvalue weighted by atomic mass is 16.5. The lowest BCUT2D eigenvalue weighted by molar-refractivity contribution is 0.0904. The van der Waals surface area contributed by atoms with Gasteiger partial charge in [-0.2, -0.15) is 0 Å². The predicted octanol–water partition coefficient (Wildman–Crippen LogP) is 3.96. The first-order valence-electron chi connectivity index (χ1n) is 8.30. The summed E-state index contributed by atoms with van der Waals surface area (Å²) >= 11 is 0. The van der Waals surface area contributed by atoms with Gasteiger partial charge < -0.3 is 15.4 Å². The molecule has 0 amide bonds. The zero-order valence-corrected chi connectivity index (χ0v) is 13.4. The molecule has 0 aliphatic carbocycles. The first-order chi connectivity index (χ1) is 11.9. The molecule has 5 nitrogen and oxygen atoms in total. The van der Waals surface area contributed by atoms with Crippen molar-refractivity contribution >= 4 is 28.2 Å². The topological polar surface area (TPSA) is 59.1 Å². The Morgan fingerprint density at radius 1 is 0.917 bits per heavy atom. The molecular weight excluding hydrogens is 300 g/mol. The van der Waals surface area contributed by atoms with Crippen LogP contribution in [0.5, 0.6) is 0 Å². The molecule has 122 valence electrons. The van der Waals surface area contributed by atoms with Crippen LogP contribution < -0.4 is 10.6 Å². The summed E-state index contributed by atoms with van der Waals surface area (Å²) in [5.41, 5.74) is 3.04. The fourth-order valence-corrected chi connectivity index (χ4v) is 2.89. The van der Waals surface area contributed by atoms with Gasteiger partial charge in [0.2, 0.25) is 5.95 Å². The fourth-order valence-electron chi connectivity index (χ4n) is 2.89. The van der Waals surface area contributed by atoms with Gasteiger partial charge in [0.1, 0.15) is 0 Å². The molecule has 2 N–H and O–H groups in total. The van der Waals surface area contributed by atoms with E-state index < -0.39 is 0 Å². The molecule has 1 fully saturated rings. The van der Waals surface area contributed by atoms with Crippen LogP contribution in [0.2, 0.25) is 0 Å². The number of rotatable bonds is 4. The highest BCUT2D eigenvalue weighted by Crippen LogP contribution is 2.20. The van der Waals surface area contributed by atoms with Crippen molar-refractivity contribution in [3.63, 3.8) is 0 Å². The van der Waals surface area contributed by atoms with Crippen LogP contribution in [0.3, 0.4) is 0 Å². The Morgan fingerprint density at radius 2 is 1.67 bits per heavy atom. The minimum atomic E-state index is 0.501. The van der Waals surface area contributed by atoms with Crippen molar-refractivity contribution in [3.8, 4) is 0 Å². The SMILES string of the molecule is c1ccc2nc(Nc3ccc(NC4CCOCC4)cc3)ncc2c1. The van der Waals surface area contributed by atoms with Gasteiger partial charge in [-0.3, -0.25) is 0 Å². The number of ether oxygens (including phenoxy) is 1. The largest absolute Gasteiger partial charge is 0.382 e. The van der Waals surface area contributed by atoms with E-state index in [1.165, 1.54) is 0 Å². The Bertz CT molecular complexity index is 813. The van der Waals surface area contributed by atoms with Gasteiger partial charge in [-0.1, -0.05) is 18.2 Å². The molecule has 4 rings (SSSR count). The smallest absolute Gasteiger partial charge is 0.227 e. The van der Waals surface area contributed by atoms with Crippen LogP contribution in [0, 0.1) is 0 Å². The monoisotopic (exact) mass is 320 g/mol. The van der Waals surface area contributed by atoms with E-state index in [4.69, 9.17) is 4.74 Å². The Balaban J connectivity index is 1.44. The minimum absolute atomic E-state index is 0.501. The molecule has 0 bridgehead atoms. The van der Waals surface area contributed by atoms with Crippen LogP contribution in [0.1, 0.15) is 12.8 Å². The molecule has 1 saturated heterocycles. The van der Waals surface area contributed by atoms with E-state index in [2.05, 4.69) is 32.7 Å². The summed E-state index contributed by atoms with van der Waals surface area (Å²) < 4.78 is 5.39. The molecule has 2 heterocycles. The number of anilines is 3. The Labute approximate surface area is 141 Å². The van der Waals surface area contributed by atoms with Crippen LogP contribution in [0.4, 0.5) is 17.3 Å². The Kier molecular flexibility index (Phi) is 4.25. The molecule has 0 saturated carbocycles. The zero-order chi connectivity index (χ0) is 16.2. The second kappa shape index (κ2) is 6.84. The molecule has 5 heteroatoms. The second-order valence-corrected chi connectivity index (χ2v) is 5.99. The highest BCUT2D eigenvalue weighted by Gasteiger charge is 2.13. The predicted molar refractivity (Wildman–Crippen MR) is 96.7 cm³/mol. The first kappa shape index (κ1) is 14.9. The number of para-hydroxylation sites is 1. The summed E-state index contributed by atoms with van der Waals surface area (Å²) in [7, 11) is 0. The van der Waals surface area contributed by atoms with Gasteiger partial charge in [-0.05, 0) is 43.2 Å². The Hall–Kier alpha value is -2.66. The molecule has 0 unspecified atom stereocenters. The molecule has 24 heavy (non-hydrogen) atoms. The summed E-state index contributed by atoms with van der Waals surface area (Å²) in [5.74, 6) is 0.610. The third-order valence-electron chi connectivity index (χ3n) is 4.22. The fraction of sp³-hybridized carbons (Fsp3) is 0.263. The van der Waals surface area contributed by atoms with Crippen molar-refractivity contribution in [2.75, 3.05) is 23.8 Å². The molecule has 1 aliphatic heterocycles. The van der Waals surface area contributed by atoms with Crippen molar-refractivity contribution in [3.05, 3.63) is 54.7 Å². The maximum atomic E-state index is 5.39. The third kappa shape index (κ3) is 3.46. The molecule has 2 aromatic carbocycles. The van der Waals surface area contributed by atoms with Crippen molar-refractivity contribution in [1.29, 1.82) is 0 Å². The van der Waals surface area contributed by atoms with Crippen LogP contribution in [0.15, 0.2) is 54.7 Å². The average molecular weight is 320 g/mol. The van der Waals surface area contributed by atoms with E-state index in [0.29, 0.717) is 12.0 Å². The van der Waals surface area contributed by atoms with Gasteiger partial charge in [0.15, 0.2) is 0 Å². The summed E-state index contributed by atoms with van der Waals surface area (Å²) in [6, 6.07) is 16.7. The lowest BCUT2D eigenvalue weighted by atomic mass is 10.1. The third-order valence-corrected chi connectivity index (χ3v) is 4.22. The summed E-state index contributed by atoms with van der Waals surface area (Å²) in [4.78, 5) is 8.90. The summed E-state index contributed by atoms with van der Waals surface area (Å²) in [5, 5.41) is 7.85. The molecule has 0 atom stereocenters. The lowest BCUT2D eigenvalue weighted by Crippen LogP contribution is -2.27. The van der Waals surface area contributed by atoms with Crippen molar-refractivity contribution in [2.45, 2.75) is 18.9 Å². The second-order valence-electron chi connectivity index (χ2n) is 5.99. The standard InChI is InChI=1S/C19H20N4O/c1-2-4-18-14(3-1)13-20-19(23-18)22-16-7-5-15(6-8-16)21-17-9-11-24-12-10-17/h1-8,13,17,21H,9-12H2,(H,20,22,23). The van der Waals surface area contributed by atoms with Crippen molar-refractivity contribution in [2.24, 2.45) is 0 Å². The number of benzene rings is 2. The lowest BCUT2D eigenvalue weighted by Gasteiger charge is -2.24. The van der Waals surface area contributed by atoms with E-state index in [1.54, 1.807) is 0 Å². The first-order valence-corrected chi connectivity index (χ1v) is 8.30. The van der Waals surface area contributed by atoms with Crippen LogP contribution in [-0.2, 0) is 4.74 Å². The van der Waals surface area contributed by atoms with Crippen LogP contribution in [-0.4, -0.2) is 29.2 Å². The maximum absolute atomic E-state index is 5.39. The molecule has 0 radical (unpaired) electrons. The van der Waals surface area contributed by atoms with Gasteiger partial charge in [0.25, 0.3) is 0 Å². The van der Waals surface area contributed by atoms with E-state index in [0.717, 1.165) is 48.3 Å². The van der Waals surface area contributed by atoms with E-state index in [-0.39, 0.29) is 0 Å². The number of fused-ring (bicyclic) bond motifs is 1. The Morgan fingerprint density at radius 3 is 2.50 bits per heavy atom. The molecule has 0 spiro atoms. The summed E-state index contributed by atoms with van der Waals surface area (Å²) in [6.45, 7) is 1.69. The minimum Gasteiger partial charge on any atom is -0.382 e. The van der Waals surface area contributed by atoms with Gasteiger partial charge in [0, 0.05) is 42.2 Å². The average Bonchev–Trinajstić information content (AvgIpc) is 2.64. The molecule has 1 aromatic heterocycles. The normalized spacial score (nSPS) is 15.3. The van der Waals surface area contributed by atoms with Gasteiger partial charge >= 0.3 is 0 Å². The van der Waals surface area contributed by atoms with Crippen molar-refractivity contribution < 1.29 is 4.74 Å². The van der Waals surface area contributed by atoms with Gasteiger partial charge in [-0.25, -0.2) is 9.97 Å². The number of nitrogens with zero attached hydrogens (tertiary/aromatic N) is 2. The van der Waals surface area contributed by atoms with Gasteiger partial charge in [-0.15, -0.1) is 0 Å².